The number of aryl methyl sites for hydroxylation is 2. The number of carbonyl (C=O) groups is 1. The van der Waals surface area contributed by atoms with E-state index in [-0.39, 0.29) is 11.2 Å². The minimum atomic E-state index is -0.719. The molecular formula is C18H24N6OS. The average molecular weight is 372 g/mol. The van der Waals surface area contributed by atoms with Gasteiger partial charge in [0.25, 0.3) is 5.78 Å². The molecule has 0 saturated heterocycles. The van der Waals surface area contributed by atoms with Gasteiger partial charge in [0.2, 0.25) is 11.1 Å². The lowest BCUT2D eigenvalue weighted by Crippen LogP contribution is -2.50. The van der Waals surface area contributed by atoms with E-state index in [2.05, 4.69) is 26.5 Å². The highest BCUT2D eigenvalue weighted by atomic mass is 32.2. The smallest absolute Gasteiger partial charge is 0.253 e. The van der Waals surface area contributed by atoms with E-state index in [0.29, 0.717) is 10.9 Å². The third-order valence-electron chi connectivity index (χ3n) is 5.18. The lowest BCUT2D eigenvalue weighted by atomic mass is 9.83. The van der Waals surface area contributed by atoms with Crippen molar-refractivity contribution in [3.63, 3.8) is 0 Å². The quantitative estimate of drug-likeness (QED) is 0.829. The molecule has 1 N–H and O–H groups in total. The number of aromatic nitrogens is 4. The first-order valence-corrected chi connectivity index (χ1v) is 9.84. The van der Waals surface area contributed by atoms with Gasteiger partial charge in [-0.15, -0.1) is 5.10 Å². The third-order valence-corrected chi connectivity index (χ3v) is 6.13. The lowest BCUT2D eigenvalue weighted by molar-refractivity contribution is -0.121. The van der Waals surface area contributed by atoms with Gasteiger partial charge in [-0.1, -0.05) is 31.0 Å². The van der Waals surface area contributed by atoms with Gasteiger partial charge in [-0.2, -0.15) is 10.2 Å². The number of nitrogens with one attached hydrogen (secondary N) is 1. The number of hydrogen-bond donors (Lipinski definition) is 1. The van der Waals surface area contributed by atoms with Crippen molar-refractivity contribution in [2.45, 2.75) is 75.7 Å². The van der Waals surface area contributed by atoms with Crippen LogP contribution in [-0.4, -0.2) is 36.3 Å². The van der Waals surface area contributed by atoms with Crippen LogP contribution < -0.4 is 5.32 Å². The van der Waals surface area contributed by atoms with Crippen molar-refractivity contribution in [1.29, 1.82) is 5.26 Å². The van der Waals surface area contributed by atoms with E-state index >= 15 is 0 Å². The maximum atomic E-state index is 12.6. The number of thioether (sulfide) groups is 1. The number of carbonyl (C=O) groups excluding carboxylic acids is 1. The highest BCUT2D eigenvalue weighted by molar-refractivity contribution is 8.00. The van der Waals surface area contributed by atoms with E-state index in [1.165, 1.54) is 11.8 Å². The van der Waals surface area contributed by atoms with E-state index in [4.69, 9.17) is 0 Å². The molecule has 26 heavy (non-hydrogen) atoms. The summed E-state index contributed by atoms with van der Waals surface area (Å²) < 4.78 is 1.72. The normalized spacial score (nSPS) is 17.7. The molecule has 1 aliphatic rings. The fourth-order valence-electron chi connectivity index (χ4n) is 3.26. The number of rotatable bonds is 4. The number of hydrogen-bond acceptors (Lipinski definition) is 6. The molecule has 1 amide bonds. The SMILES string of the molecule is Cc1nc2nc(SC(C)C(=O)NC3(C#N)CCCCC3)nn2c(C)c1C. The maximum absolute atomic E-state index is 12.6. The highest BCUT2D eigenvalue weighted by Crippen LogP contribution is 2.29. The number of nitriles is 1. The van der Waals surface area contributed by atoms with E-state index in [1.54, 1.807) is 4.52 Å². The maximum Gasteiger partial charge on any atom is 0.253 e. The molecule has 3 rings (SSSR count). The van der Waals surface area contributed by atoms with Gasteiger partial charge in [0.05, 0.1) is 11.3 Å². The van der Waals surface area contributed by atoms with Gasteiger partial charge < -0.3 is 5.32 Å². The third kappa shape index (κ3) is 3.54. The summed E-state index contributed by atoms with van der Waals surface area (Å²) in [5, 5.41) is 17.1. The van der Waals surface area contributed by atoms with Crippen molar-refractivity contribution in [2.75, 3.05) is 0 Å². The first-order valence-electron chi connectivity index (χ1n) is 8.96. The molecule has 0 aromatic carbocycles. The number of fused-ring (bicyclic) bond motifs is 1. The van der Waals surface area contributed by atoms with E-state index < -0.39 is 5.54 Å². The first-order chi connectivity index (χ1) is 12.3. The molecule has 2 aromatic rings. The lowest BCUT2D eigenvalue weighted by Gasteiger charge is -2.32. The molecule has 0 aliphatic heterocycles. The zero-order chi connectivity index (χ0) is 18.9. The Kier molecular flexibility index (Phi) is 5.19. The number of nitrogens with zero attached hydrogens (tertiary/aromatic N) is 5. The van der Waals surface area contributed by atoms with Crippen LogP contribution in [0.25, 0.3) is 5.78 Å². The average Bonchev–Trinajstić information content (AvgIpc) is 3.02. The molecule has 0 radical (unpaired) electrons. The molecule has 138 valence electrons. The highest BCUT2D eigenvalue weighted by Gasteiger charge is 2.35. The number of amides is 1. The molecule has 8 heteroatoms. The minimum Gasteiger partial charge on any atom is -0.337 e. The summed E-state index contributed by atoms with van der Waals surface area (Å²) >= 11 is 1.29. The molecule has 1 aliphatic carbocycles. The summed E-state index contributed by atoms with van der Waals surface area (Å²) in [6.45, 7) is 7.75. The Hall–Kier alpha value is -2.14. The van der Waals surface area contributed by atoms with Gasteiger partial charge in [0.1, 0.15) is 5.54 Å². The van der Waals surface area contributed by atoms with Crippen LogP contribution in [0.3, 0.4) is 0 Å². The Balaban J connectivity index is 1.74. The first kappa shape index (κ1) is 18.6. The zero-order valence-corrected chi connectivity index (χ0v) is 16.5. The second-order valence-corrected chi connectivity index (χ2v) is 8.33. The molecule has 2 heterocycles. The predicted octanol–water partition coefficient (Wildman–Crippen LogP) is 2.87. The predicted molar refractivity (Wildman–Crippen MR) is 99.9 cm³/mol. The summed E-state index contributed by atoms with van der Waals surface area (Å²) in [6, 6.07) is 2.32. The van der Waals surface area contributed by atoms with E-state index in [1.807, 2.05) is 27.7 Å². The standard InChI is InChI=1S/C18H24N6OS/c1-11-12(2)20-16-21-17(23-24(16)13(11)3)26-14(4)15(25)22-18(10-19)8-6-5-7-9-18/h14H,5-9H2,1-4H3,(H,22,25). The molecule has 0 bridgehead atoms. The Morgan fingerprint density at radius 1 is 1.27 bits per heavy atom. The molecule has 7 nitrogen and oxygen atoms in total. The second kappa shape index (κ2) is 7.23. The topological polar surface area (TPSA) is 96.0 Å². The van der Waals surface area contributed by atoms with Crippen LogP contribution in [0.2, 0.25) is 0 Å². The van der Waals surface area contributed by atoms with Crippen molar-refractivity contribution < 1.29 is 4.79 Å². The summed E-state index contributed by atoms with van der Waals surface area (Å²) in [5.41, 5.74) is 2.29. The van der Waals surface area contributed by atoms with Crippen LogP contribution in [-0.2, 0) is 4.79 Å². The summed E-state index contributed by atoms with van der Waals surface area (Å²) in [6.07, 6.45) is 4.53. The molecule has 1 saturated carbocycles. The van der Waals surface area contributed by atoms with Gasteiger partial charge in [-0.25, -0.2) is 9.50 Å². The van der Waals surface area contributed by atoms with Crippen LogP contribution in [0.4, 0.5) is 0 Å². The summed E-state index contributed by atoms with van der Waals surface area (Å²) in [5.74, 6) is 0.399. The Bertz CT molecular complexity index is 878. The molecule has 0 spiro atoms. The van der Waals surface area contributed by atoms with Crippen LogP contribution in [0.1, 0.15) is 56.0 Å². The van der Waals surface area contributed by atoms with Gasteiger partial charge in [0, 0.05) is 11.4 Å². The van der Waals surface area contributed by atoms with Crippen LogP contribution >= 0.6 is 11.8 Å². The molecule has 2 aromatic heterocycles. The minimum absolute atomic E-state index is 0.144. The van der Waals surface area contributed by atoms with Crippen molar-refractivity contribution in [3.05, 3.63) is 17.0 Å². The second-order valence-electron chi connectivity index (χ2n) is 7.02. The van der Waals surface area contributed by atoms with Crippen LogP contribution in [0.15, 0.2) is 5.16 Å². The van der Waals surface area contributed by atoms with Gasteiger partial charge in [0.15, 0.2) is 0 Å². The zero-order valence-electron chi connectivity index (χ0n) is 15.7. The fourth-order valence-corrected chi connectivity index (χ4v) is 4.00. The van der Waals surface area contributed by atoms with Crippen LogP contribution in [0.5, 0.6) is 0 Å². The Morgan fingerprint density at radius 3 is 2.62 bits per heavy atom. The molecule has 1 fully saturated rings. The van der Waals surface area contributed by atoms with Crippen molar-refractivity contribution in [1.82, 2.24) is 24.9 Å². The van der Waals surface area contributed by atoms with Gasteiger partial charge >= 0.3 is 0 Å². The fraction of sp³-hybridized carbons (Fsp3) is 0.611. The monoisotopic (exact) mass is 372 g/mol. The Morgan fingerprint density at radius 2 is 1.96 bits per heavy atom. The van der Waals surface area contributed by atoms with Crippen molar-refractivity contribution >= 4 is 23.4 Å². The van der Waals surface area contributed by atoms with Gasteiger partial charge in [-0.3, -0.25) is 4.79 Å². The van der Waals surface area contributed by atoms with Crippen molar-refractivity contribution in [3.8, 4) is 6.07 Å². The van der Waals surface area contributed by atoms with Gasteiger partial charge in [-0.05, 0) is 46.1 Å². The van der Waals surface area contributed by atoms with Crippen LogP contribution in [0, 0.1) is 32.1 Å². The molecule has 1 unspecified atom stereocenters. The van der Waals surface area contributed by atoms with E-state index in [9.17, 15) is 10.1 Å². The summed E-state index contributed by atoms with van der Waals surface area (Å²) in [7, 11) is 0. The van der Waals surface area contributed by atoms with Crippen molar-refractivity contribution in [2.24, 2.45) is 0 Å². The van der Waals surface area contributed by atoms with E-state index in [0.717, 1.165) is 49.1 Å². The summed E-state index contributed by atoms with van der Waals surface area (Å²) in [4.78, 5) is 21.5. The molecule has 1 atom stereocenters. The largest absolute Gasteiger partial charge is 0.337 e. The molecular weight excluding hydrogens is 348 g/mol. The Labute approximate surface area is 157 Å².